The molecule has 1 aromatic rings. The van der Waals surface area contributed by atoms with E-state index in [-0.39, 0.29) is 18.0 Å². The Hall–Kier alpha value is -0.740. The highest BCUT2D eigenvalue weighted by Crippen LogP contribution is 2.15. The number of rotatable bonds is 3. The average Bonchev–Trinajstić information content (AvgIpc) is 2.17. The van der Waals surface area contributed by atoms with Crippen LogP contribution in [-0.4, -0.2) is 15.7 Å². The Morgan fingerprint density at radius 2 is 2.29 bits per heavy atom. The molecule has 2 nitrogen and oxygen atoms in total. The van der Waals surface area contributed by atoms with Crippen LogP contribution < -0.4 is 0 Å². The van der Waals surface area contributed by atoms with Crippen LogP contribution in [0.4, 0.5) is 4.39 Å². The lowest BCUT2D eigenvalue weighted by molar-refractivity contribution is 0.0992. The summed E-state index contributed by atoms with van der Waals surface area (Å²) in [7, 11) is 0. The average molecular weight is 261 g/mol. The smallest absolute Gasteiger partial charge is 0.179 e. The van der Waals surface area contributed by atoms with Gasteiger partial charge in [0.25, 0.3) is 0 Å². The van der Waals surface area contributed by atoms with Crippen molar-refractivity contribution >= 4 is 21.7 Å². The predicted molar refractivity (Wildman–Crippen MR) is 55.0 cm³/mol. The van der Waals surface area contributed by atoms with Crippen molar-refractivity contribution in [3.8, 4) is 0 Å². The minimum Gasteiger partial charge on any atom is -0.392 e. The highest BCUT2D eigenvalue weighted by molar-refractivity contribution is 9.10. The summed E-state index contributed by atoms with van der Waals surface area (Å²) in [5, 5.41) is 8.83. The van der Waals surface area contributed by atoms with E-state index in [0.29, 0.717) is 5.56 Å². The second-order valence-electron chi connectivity index (χ2n) is 2.95. The van der Waals surface area contributed by atoms with Crippen LogP contribution in [0.15, 0.2) is 18.2 Å². The highest BCUT2D eigenvalue weighted by Gasteiger charge is 2.16. The molecular weight excluding hydrogens is 251 g/mol. The lowest BCUT2D eigenvalue weighted by atomic mass is 10.1. The molecule has 0 amide bonds. The van der Waals surface area contributed by atoms with Crippen LogP contribution in [-0.2, 0) is 6.61 Å². The third-order valence-corrected chi connectivity index (χ3v) is 2.26. The number of halogens is 2. The molecule has 0 aliphatic rings. The van der Waals surface area contributed by atoms with E-state index in [0.717, 1.165) is 0 Å². The monoisotopic (exact) mass is 260 g/mol. The number of carbonyl (C=O) groups excluding carboxylic acids is 1. The van der Waals surface area contributed by atoms with Gasteiger partial charge in [0.1, 0.15) is 5.82 Å². The molecule has 0 aromatic heterocycles. The van der Waals surface area contributed by atoms with Crippen molar-refractivity contribution in [1.82, 2.24) is 0 Å². The Morgan fingerprint density at radius 3 is 2.79 bits per heavy atom. The third-order valence-electron chi connectivity index (χ3n) is 1.84. The van der Waals surface area contributed by atoms with Crippen LogP contribution in [0, 0.1) is 5.82 Å². The van der Waals surface area contributed by atoms with Crippen molar-refractivity contribution in [3.05, 3.63) is 35.1 Å². The second-order valence-corrected chi connectivity index (χ2v) is 4.33. The van der Waals surface area contributed by atoms with Crippen molar-refractivity contribution in [2.45, 2.75) is 18.4 Å². The molecule has 0 spiro atoms. The Balaban J connectivity index is 3.12. The van der Waals surface area contributed by atoms with E-state index in [1.54, 1.807) is 6.92 Å². The molecule has 0 heterocycles. The summed E-state index contributed by atoms with van der Waals surface area (Å²) in [6.45, 7) is 1.44. The normalized spacial score (nSPS) is 12.6. The molecule has 0 aliphatic heterocycles. The van der Waals surface area contributed by atoms with Crippen LogP contribution in [0.1, 0.15) is 22.8 Å². The molecule has 1 rings (SSSR count). The maximum Gasteiger partial charge on any atom is 0.179 e. The van der Waals surface area contributed by atoms with Gasteiger partial charge in [0.2, 0.25) is 0 Å². The first-order valence-electron chi connectivity index (χ1n) is 4.14. The fourth-order valence-electron chi connectivity index (χ4n) is 1.07. The van der Waals surface area contributed by atoms with Crippen molar-refractivity contribution in [3.63, 3.8) is 0 Å². The van der Waals surface area contributed by atoms with Crippen molar-refractivity contribution in [2.24, 2.45) is 0 Å². The maximum atomic E-state index is 13.2. The summed E-state index contributed by atoms with van der Waals surface area (Å²) >= 11 is 3.08. The standard InChI is InChI=1S/C10H10BrFO2/c1-6(11)10(14)8-4-7(5-13)2-3-9(8)12/h2-4,6,13H,5H2,1H3. The predicted octanol–water partition coefficient (Wildman–Crippen LogP) is 2.28. The minimum absolute atomic E-state index is 0.0147. The maximum absolute atomic E-state index is 13.2. The zero-order valence-corrected chi connectivity index (χ0v) is 9.21. The number of hydrogen-bond acceptors (Lipinski definition) is 2. The fraction of sp³-hybridized carbons (Fsp3) is 0.300. The first-order chi connectivity index (χ1) is 6.56. The minimum atomic E-state index is -0.557. The molecule has 1 N–H and O–H groups in total. The number of alkyl halides is 1. The SMILES string of the molecule is CC(Br)C(=O)c1cc(CO)ccc1F. The lowest BCUT2D eigenvalue weighted by Crippen LogP contribution is -2.12. The molecule has 14 heavy (non-hydrogen) atoms. The Kier molecular flexibility index (Phi) is 3.77. The van der Waals surface area contributed by atoms with Gasteiger partial charge >= 0.3 is 0 Å². The molecule has 0 aliphatic carbocycles. The van der Waals surface area contributed by atoms with Gasteiger partial charge in [-0.2, -0.15) is 0 Å². The second kappa shape index (κ2) is 4.66. The van der Waals surface area contributed by atoms with Crippen LogP contribution in [0.3, 0.4) is 0 Å². The summed E-state index contributed by atoms with van der Waals surface area (Å²) in [5.74, 6) is -0.878. The fourth-order valence-corrected chi connectivity index (χ4v) is 1.32. The highest BCUT2D eigenvalue weighted by atomic mass is 79.9. The molecule has 0 bridgehead atoms. The first-order valence-corrected chi connectivity index (χ1v) is 5.05. The van der Waals surface area contributed by atoms with E-state index < -0.39 is 10.6 Å². The van der Waals surface area contributed by atoms with E-state index in [2.05, 4.69) is 15.9 Å². The van der Waals surface area contributed by atoms with Gasteiger partial charge in [0, 0.05) is 0 Å². The molecular formula is C10H10BrFO2. The Bertz CT molecular complexity index is 350. The van der Waals surface area contributed by atoms with E-state index in [9.17, 15) is 9.18 Å². The van der Waals surface area contributed by atoms with Crippen molar-refractivity contribution in [2.75, 3.05) is 0 Å². The van der Waals surface area contributed by atoms with E-state index >= 15 is 0 Å². The number of hydrogen-bond donors (Lipinski definition) is 1. The summed E-state index contributed by atoms with van der Waals surface area (Å²) in [6, 6.07) is 4.01. The van der Waals surface area contributed by atoms with Crippen LogP contribution in [0.25, 0.3) is 0 Å². The molecule has 4 heteroatoms. The quantitative estimate of drug-likeness (QED) is 0.669. The number of Topliss-reactive ketones (excluding diaryl/α,β-unsaturated/α-hetero) is 1. The molecule has 76 valence electrons. The first kappa shape index (κ1) is 11.3. The van der Waals surface area contributed by atoms with Crippen LogP contribution in [0.5, 0.6) is 0 Å². The van der Waals surface area contributed by atoms with E-state index in [4.69, 9.17) is 5.11 Å². The topological polar surface area (TPSA) is 37.3 Å². The lowest BCUT2D eigenvalue weighted by Gasteiger charge is -2.05. The van der Waals surface area contributed by atoms with Gasteiger partial charge in [0.15, 0.2) is 5.78 Å². The van der Waals surface area contributed by atoms with Crippen molar-refractivity contribution in [1.29, 1.82) is 0 Å². The van der Waals surface area contributed by atoms with Crippen molar-refractivity contribution < 1.29 is 14.3 Å². The molecule has 0 radical (unpaired) electrons. The number of benzene rings is 1. The summed E-state index contributed by atoms with van der Waals surface area (Å²) in [4.78, 5) is 11.0. The third kappa shape index (κ3) is 2.39. The number of aliphatic hydroxyl groups excluding tert-OH is 1. The summed E-state index contributed by atoms with van der Waals surface area (Å²) < 4.78 is 13.2. The van der Waals surface area contributed by atoms with Gasteiger partial charge in [0.05, 0.1) is 17.0 Å². The van der Waals surface area contributed by atoms with E-state index in [1.165, 1.54) is 18.2 Å². The molecule has 0 saturated heterocycles. The van der Waals surface area contributed by atoms with Gasteiger partial charge < -0.3 is 5.11 Å². The Labute approximate surface area is 89.9 Å². The summed E-state index contributed by atoms with van der Waals surface area (Å²) in [5.41, 5.74) is 0.545. The Morgan fingerprint density at radius 1 is 1.64 bits per heavy atom. The van der Waals surface area contributed by atoms with Gasteiger partial charge in [-0.25, -0.2) is 4.39 Å². The van der Waals surface area contributed by atoms with E-state index in [1.807, 2.05) is 0 Å². The van der Waals surface area contributed by atoms with Crippen LogP contribution >= 0.6 is 15.9 Å². The largest absolute Gasteiger partial charge is 0.392 e. The van der Waals surface area contributed by atoms with Gasteiger partial charge in [-0.1, -0.05) is 22.0 Å². The number of aliphatic hydroxyl groups is 1. The molecule has 0 saturated carbocycles. The van der Waals surface area contributed by atoms with Gasteiger partial charge in [-0.05, 0) is 24.6 Å². The zero-order chi connectivity index (χ0) is 10.7. The summed E-state index contributed by atoms with van der Waals surface area (Å²) in [6.07, 6.45) is 0. The molecule has 1 atom stereocenters. The number of carbonyl (C=O) groups is 1. The molecule has 0 fully saturated rings. The zero-order valence-electron chi connectivity index (χ0n) is 7.63. The number of ketones is 1. The molecule has 1 unspecified atom stereocenters. The van der Waals surface area contributed by atoms with Crippen LogP contribution in [0.2, 0.25) is 0 Å². The molecule has 1 aromatic carbocycles. The van der Waals surface area contributed by atoms with Gasteiger partial charge in [-0.3, -0.25) is 4.79 Å². The van der Waals surface area contributed by atoms with Gasteiger partial charge in [-0.15, -0.1) is 0 Å².